The van der Waals surface area contributed by atoms with Gasteiger partial charge in [0.2, 0.25) is 10.0 Å². The number of hydrogen-bond donors (Lipinski definition) is 0. The minimum atomic E-state index is -2.98. The average molecular weight is 227 g/mol. The number of rotatable bonds is 2. The van der Waals surface area contributed by atoms with Crippen LogP contribution >= 0.6 is 0 Å². The van der Waals surface area contributed by atoms with Gasteiger partial charge in [-0.15, -0.1) is 0 Å². The van der Waals surface area contributed by atoms with Crippen LogP contribution in [0, 0.1) is 5.92 Å². The summed E-state index contributed by atoms with van der Waals surface area (Å²) in [5.41, 5.74) is 0. The highest BCUT2D eigenvalue weighted by Gasteiger charge is 2.48. The standard InChI is InChI=1S/C11H17NO2S/c1-8-6-9-2-3-10(7-8)12(9)15(13,14)11-4-5-11/h2-3,8-11H,4-7H2,1H3/t9-,10-/m0/s1. The van der Waals surface area contributed by atoms with Crippen LogP contribution in [0.15, 0.2) is 12.2 Å². The predicted octanol–water partition coefficient (Wildman–Crippen LogP) is 1.52. The van der Waals surface area contributed by atoms with E-state index in [-0.39, 0.29) is 17.3 Å². The van der Waals surface area contributed by atoms with Crippen molar-refractivity contribution in [3.63, 3.8) is 0 Å². The Labute approximate surface area is 91.2 Å². The van der Waals surface area contributed by atoms with Crippen molar-refractivity contribution in [3.05, 3.63) is 12.2 Å². The van der Waals surface area contributed by atoms with Gasteiger partial charge >= 0.3 is 0 Å². The molecule has 0 aromatic heterocycles. The van der Waals surface area contributed by atoms with Crippen LogP contribution in [0.1, 0.15) is 32.6 Å². The molecular formula is C11H17NO2S. The molecule has 0 amide bonds. The summed E-state index contributed by atoms with van der Waals surface area (Å²) >= 11 is 0. The van der Waals surface area contributed by atoms with Gasteiger partial charge in [-0.2, -0.15) is 4.31 Å². The van der Waals surface area contributed by atoms with Crippen LogP contribution in [0.2, 0.25) is 0 Å². The minimum Gasteiger partial charge on any atom is -0.212 e. The quantitative estimate of drug-likeness (QED) is 0.671. The van der Waals surface area contributed by atoms with E-state index in [1.165, 1.54) is 0 Å². The molecule has 1 aliphatic carbocycles. The average Bonchev–Trinajstić information content (AvgIpc) is 2.93. The first-order valence-corrected chi connectivity index (χ1v) is 7.30. The van der Waals surface area contributed by atoms with Crippen LogP contribution in [0.25, 0.3) is 0 Å². The lowest BCUT2D eigenvalue weighted by Gasteiger charge is -2.36. The van der Waals surface area contributed by atoms with Gasteiger partial charge in [-0.3, -0.25) is 0 Å². The molecule has 1 saturated carbocycles. The second kappa shape index (κ2) is 3.08. The van der Waals surface area contributed by atoms with Crippen molar-refractivity contribution in [2.75, 3.05) is 0 Å². The Morgan fingerprint density at radius 2 is 1.67 bits per heavy atom. The molecule has 3 nitrogen and oxygen atoms in total. The fourth-order valence-corrected chi connectivity index (χ4v) is 5.02. The van der Waals surface area contributed by atoms with E-state index < -0.39 is 10.0 Å². The zero-order valence-electron chi connectivity index (χ0n) is 8.96. The Kier molecular flexibility index (Phi) is 2.02. The van der Waals surface area contributed by atoms with Crippen LogP contribution in [0.3, 0.4) is 0 Å². The Hall–Kier alpha value is -0.350. The number of hydrogen-bond acceptors (Lipinski definition) is 2. The second-order valence-electron chi connectivity index (χ2n) is 5.17. The zero-order chi connectivity index (χ0) is 10.6. The molecule has 3 rings (SSSR count). The summed E-state index contributed by atoms with van der Waals surface area (Å²) in [5.74, 6) is 0.653. The maximum Gasteiger partial charge on any atom is 0.218 e. The summed E-state index contributed by atoms with van der Waals surface area (Å²) in [7, 11) is -2.98. The van der Waals surface area contributed by atoms with E-state index >= 15 is 0 Å². The molecule has 2 atom stereocenters. The Bertz CT molecular complexity index is 381. The molecule has 0 N–H and O–H groups in total. The van der Waals surface area contributed by atoms with Crippen molar-refractivity contribution in [2.45, 2.75) is 49.9 Å². The van der Waals surface area contributed by atoms with Gasteiger partial charge < -0.3 is 0 Å². The van der Waals surface area contributed by atoms with Crippen LogP contribution in [0.4, 0.5) is 0 Å². The van der Waals surface area contributed by atoms with Gasteiger partial charge in [-0.25, -0.2) is 8.42 Å². The van der Waals surface area contributed by atoms with E-state index in [1.807, 2.05) is 0 Å². The summed E-state index contributed by atoms with van der Waals surface area (Å²) in [4.78, 5) is 0. The van der Waals surface area contributed by atoms with Crippen LogP contribution in [0.5, 0.6) is 0 Å². The predicted molar refractivity (Wildman–Crippen MR) is 58.9 cm³/mol. The normalized spacial score (nSPS) is 41.0. The highest BCUT2D eigenvalue weighted by atomic mass is 32.2. The largest absolute Gasteiger partial charge is 0.218 e. The summed E-state index contributed by atoms with van der Waals surface area (Å²) in [6, 6.07) is 0.314. The maximum absolute atomic E-state index is 12.2. The molecular weight excluding hydrogens is 210 g/mol. The SMILES string of the molecule is CC1C[C@@H]2C=C[C@@H](C1)N2S(=O)(=O)C1CC1. The fourth-order valence-electron chi connectivity index (χ4n) is 2.87. The van der Waals surface area contributed by atoms with Gasteiger partial charge in [0.25, 0.3) is 0 Å². The molecule has 1 saturated heterocycles. The van der Waals surface area contributed by atoms with E-state index in [4.69, 9.17) is 0 Å². The smallest absolute Gasteiger partial charge is 0.212 e. The molecule has 3 aliphatic rings. The van der Waals surface area contributed by atoms with Crippen molar-refractivity contribution in [1.82, 2.24) is 4.31 Å². The third-order valence-corrected chi connectivity index (χ3v) is 6.18. The molecule has 2 heterocycles. The van der Waals surface area contributed by atoms with E-state index in [2.05, 4.69) is 19.1 Å². The van der Waals surface area contributed by atoms with Gasteiger partial charge in [0, 0.05) is 12.1 Å². The van der Waals surface area contributed by atoms with Crippen LogP contribution in [-0.2, 0) is 10.0 Å². The third kappa shape index (κ3) is 1.46. The molecule has 2 aliphatic heterocycles. The molecule has 2 bridgehead atoms. The fraction of sp³-hybridized carbons (Fsp3) is 0.818. The Balaban J connectivity index is 1.90. The van der Waals surface area contributed by atoms with E-state index in [0.717, 1.165) is 25.7 Å². The van der Waals surface area contributed by atoms with Crippen molar-refractivity contribution >= 4 is 10.0 Å². The summed E-state index contributed by atoms with van der Waals surface area (Å²) in [5, 5.41) is -0.0594. The van der Waals surface area contributed by atoms with Gasteiger partial charge in [0.15, 0.2) is 0 Å². The topological polar surface area (TPSA) is 37.4 Å². The molecule has 2 fully saturated rings. The highest BCUT2D eigenvalue weighted by molar-refractivity contribution is 7.90. The van der Waals surface area contributed by atoms with E-state index in [1.54, 1.807) is 4.31 Å². The molecule has 0 spiro atoms. The Morgan fingerprint density at radius 3 is 2.13 bits per heavy atom. The second-order valence-corrected chi connectivity index (χ2v) is 7.29. The van der Waals surface area contributed by atoms with Crippen molar-refractivity contribution in [1.29, 1.82) is 0 Å². The minimum absolute atomic E-state index is 0.0594. The van der Waals surface area contributed by atoms with Crippen molar-refractivity contribution < 1.29 is 8.42 Å². The van der Waals surface area contributed by atoms with E-state index in [0.29, 0.717) is 5.92 Å². The molecule has 15 heavy (non-hydrogen) atoms. The lowest BCUT2D eigenvalue weighted by molar-refractivity contribution is 0.216. The molecule has 4 heteroatoms. The number of sulfonamides is 1. The zero-order valence-corrected chi connectivity index (χ0v) is 9.78. The van der Waals surface area contributed by atoms with Crippen LogP contribution in [-0.4, -0.2) is 30.1 Å². The first-order valence-electron chi connectivity index (χ1n) is 5.79. The number of fused-ring (bicyclic) bond motifs is 2. The van der Waals surface area contributed by atoms with Gasteiger partial charge in [-0.1, -0.05) is 19.1 Å². The highest BCUT2D eigenvalue weighted by Crippen LogP contribution is 2.41. The number of nitrogens with zero attached hydrogens (tertiary/aromatic N) is 1. The Morgan fingerprint density at radius 1 is 1.13 bits per heavy atom. The van der Waals surface area contributed by atoms with Gasteiger partial charge in [-0.05, 0) is 31.6 Å². The molecule has 84 valence electrons. The first kappa shape index (κ1) is 9.85. The maximum atomic E-state index is 12.2. The summed E-state index contributed by atoms with van der Waals surface area (Å²) in [6.07, 6.45) is 7.92. The first-order chi connectivity index (χ1) is 7.09. The summed E-state index contributed by atoms with van der Waals surface area (Å²) < 4.78 is 26.2. The van der Waals surface area contributed by atoms with Gasteiger partial charge in [0.1, 0.15) is 0 Å². The van der Waals surface area contributed by atoms with Gasteiger partial charge in [0.05, 0.1) is 5.25 Å². The van der Waals surface area contributed by atoms with Crippen molar-refractivity contribution in [3.8, 4) is 0 Å². The van der Waals surface area contributed by atoms with Crippen LogP contribution < -0.4 is 0 Å². The van der Waals surface area contributed by atoms with E-state index in [9.17, 15) is 8.42 Å². The summed E-state index contributed by atoms with van der Waals surface area (Å²) in [6.45, 7) is 2.22. The monoisotopic (exact) mass is 227 g/mol. The molecule has 0 aromatic carbocycles. The lowest BCUT2D eigenvalue weighted by Crippen LogP contribution is -2.48. The lowest BCUT2D eigenvalue weighted by atomic mass is 9.94. The molecule has 0 unspecified atom stereocenters. The number of piperidine rings is 1. The third-order valence-electron chi connectivity index (χ3n) is 3.74. The molecule has 0 radical (unpaired) electrons. The molecule has 0 aromatic rings. The van der Waals surface area contributed by atoms with Crippen molar-refractivity contribution in [2.24, 2.45) is 5.92 Å².